The van der Waals surface area contributed by atoms with Gasteiger partial charge in [-0.25, -0.2) is 0 Å². The lowest BCUT2D eigenvalue weighted by Crippen LogP contribution is -1.91. The van der Waals surface area contributed by atoms with Crippen LogP contribution < -0.4 is 0 Å². The van der Waals surface area contributed by atoms with Crippen LogP contribution in [-0.4, -0.2) is 0 Å². The van der Waals surface area contributed by atoms with Crippen molar-refractivity contribution >= 4 is 6.05 Å². The third-order valence-corrected chi connectivity index (χ3v) is 1.83. The maximum Gasteiger partial charge on any atom is 0.0626 e. The van der Waals surface area contributed by atoms with Crippen molar-refractivity contribution in [3.8, 4) is 0 Å². The van der Waals surface area contributed by atoms with Crippen molar-refractivity contribution in [1.29, 1.82) is 0 Å². The first-order valence-electron chi connectivity index (χ1n) is 4.13. The molecular weight excluding hydrogens is 120 g/mol. The van der Waals surface area contributed by atoms with Crippen molar-refractivity contribution in [3.05, 3.63) is 41.5 Å². The van der Waals surface area contributed by atoms with Crippen LogP contribution in [0.3, 0.4) is 0 Å². The molecule has 0 heterocycles. The fourth-order valence-electron chi connectivity index (χ4n) is 1.29. The summed E-state index contributed by atoms with van der Waals surface area (Å²) in [7, 11) is 0. The number of rotatable bonds is 0. The molecule has 1 aromatic carbocycles. The minimum atomic E-state index is 0.687. The van der Waals surface area contributed by atoms with Gasteiger partial charge in [-0.05, 0) is 24.0 Å². The maximum atomic E-state index is 7.61. The molecule has 0 spiro atoms. The van der Waals surface area contributed by atoms with E-state index in [0.717, 1.165) is 18.4 Å². The summed E-state index contributed by atoms with van der Waals surface area (Å²) in [6.07, 6.45) is 4.11. The lowest BCUT2D eigenvalue weighted by molar-refractivity contribution is 0.986. The minimum Gasteiger partial charge on any atom is -0.0836 e. The molecule has 0 aliphatic heterocycles. The molecule has 1 aliphatic carbocycles. The molecule has 0 fully saturated rings. The Balaban J connectivity index is 2.56. The molecule has 0 N–H and O–H groups in total. The lowest BCUT2D eigenvalue weighted by atomic mass is 9.98. The molecule has 0 saturated carbocycles. The summed E-state index contributed by atoms with van der Waals surface area (Å²) in [4.78, 5) is 0. The monoisotopic (exact) mass is 131 g/mol. The van der Waals surface area contributed by atoms with Crippen LogP contribution in [0.4, 0.5) is 0 Å². The van der Waals surface area contributed by atoms with Gasteiger partial charge in [0.2, 0.25) is 0 Å². The largest absolute Gasteiger partial charge is 0.0836 e. The maximum absolute atomic E-state index is 7.61. The van der Waals surface area contributed by atoms with Gasteiger partial charge in [-0.2, -0.15) is 0 Å². The number of hydrogen-bond acceptors (Lipinski definition) is 0. The summed E-state index contributed by atoms with van der Waals surface area (Å²) < 4.78 is 7.61. The van der Waals surface area contributed by atoms with E-state index in [0.29, 0.717) is 6.05 Å². The Morgan fingerprint density at radius 3 is 3.10 bits per heavy atom. The molecule has 0 heteroatoms. The van der Waals surface area contributed by atoms with Gasteiger partial charge in [-0.1, -0.05) is 36.4 Å². The van der Waals surface area contributed by atoms with Gasteiger partial charge in [-0.3, -0.25) is 0 Å². The molecule has 0 radical (unpaired) electrons. The van der Waals surface area contributed by atoms with Crippen molar-refractivity contribution in [2.75, 3.05) is 0 Å². The third kappa shape index (κ3) is 0.860. The average Bonchev–Trinajstić information content (AvgIpc) is 2.06. The van der Waals surface area contributed by atoms with Gasteiger partial charge in [0.15, 0.2) is 0 Å². The van der Waals surface area contributed by atoms with Crippen molar-refractivity contribution in [2.45, 2.75) is 12.8 Å². The molecule has 0 bridgehead atoms. The highest BCUT2D eigenvalue weighted by Gasteiger charge is 2.00. The molecule has 2 rings (SSSR count). The number of benzene rings is 1. The Kier molecular flexibility index (Phi) is 1.09. The molecule has 0 atom stereocenters. The Bertz CT molecular complexity index is 299. The van der Waals surface area contributed by atoms with Crippen LogP contribution >= 0.6 is 0 Å². The molecule has 10 heavy (non-hydrogen) atoms. The second-order valence-electron chi connectivity index (χ2n) is 2.54. The number of allylic oxidation sites excluding steroid dienone is 1. The van der Waals surface area contributed by atoms with E-state index < -0.39 is 0 Å². The van der Waals surface area contributed by atoms with Gasteiger partial charge in [0.1, 0.15) is 0 Å². The van der Waals surface area contributed by atoms with Crippen LogP contribution in [-0.2, 0) is 6.42 Å². The van der Waals surface area contributed by atoms with E-state index in [1.54, 1.807) is 0 Å². The fraction of sp³-hybridized carbons (Fsp3) is 0.200. The van der Waals surface area contributed by atoms with E-state index >= 15 is 0 Å². The Morgan fingerprint density at radius 1 is 1.30 bits per heavy atom. The first-order chi connectivity index (χ1) is 5.38. The first kappa shape index (κ1) is 4.73. The standard InChI is InChI=1S/C10H10/c1-2-6-10-8-4-3-7-9(10)5-1/h1-3,5-7H,4,8H2/i7D. The van der Waals surface area contributed by atoms with Gasteiger partial charge in [0, 0.05) is 0 Å². The zero-order valence-electron chi connectivity index (χ0n) is 6.80. The van der Waals surface area contributed by atoms with E-state index in [4.69, 9.17) is 1.37 Å². The van der Waals surface area contributed by atoms with Crippen LogP contribution in [0, 0.1) is 0 Å². The number of fused-ring (bicyclic) bond motifs is 1. The lowest BCUT2D eigenvalue weighted by Gasteiger charge is -2.07. The topological polar surface area (TPSA) is 0 Å². The van der Waals surface area contributed by atoms with Gasteiger partial charge in [0.05, 0.1) is 1.37 Å². The van der Waals surface area contributed by atoms with Gasteiger partial charge >= 0.3 is 0 Å². The van der Waals surface area contributed by atoms with Crippen molar-refractivity contribution in [2.24, 2.45) is 0 Å². The van der Waals surface area contributed by atoms with Crippen molar-refractivity contribution < 1.29 is 1.37 Å². The van der Waals surface area contributed by atoms with Crippen LogP contribution in [0.25, 0.3) is 6.05 Å². The second kappa shape index (κ2) is 2.30. The predicted octanol–water partition coefficient (Wildman–Crippen LogP) is 2.65. The molecule has 0 amide bonds. The highest BCUT2D eigenvalue weighted by atomic mass is 14.1. The zero-order valence-corrected chi connectivity index (χ0v) is 5.80. The first-order valence-corrected chi connectivity index (χ1v) is 3.63. The normalized spacial score (nSPS) is 17.2. The zero-order chi connectivity index (χ0) is 7.68. The SMILES string of the molecule is [2H]C1=CCCc2ccccc21. The molecule has 1 aliphatic rings. The minimum absolute atomic E-state index is 0.687. The average molecular weight is 131 g/mol. The molecular formula is C10H10. The molecule has 0 unspecified atom stereocenters. The van der Waals surface area contributed by atoms with Crippen molar-refractivity contribution in [1.82, 2.24) is 0 Å². The van der Waals surface area contributed by atoms with Crippen LogP contribution in [0.1, 0.15) is 18.9 Å². The Hall–Kier alpha value is -1.04. The van der Waals surface area contributed by atoms with Crippen LogP contribution in [0.2, 0.25) is 0 Å². The van der Waals surface area contributed by atoms with Gasteiger partial charge in [-0.15, -0.1) is 0 Å². The molecule has 0 nitrogen and oxygen atoms in total. The Labute approximate surface area is 62.6 Å². The van der Waals surface area contributed by atoms with E-state index in [1.165, 1.54) is 5.56 Å². The fourth-order valence-corrected chi connectivity index (χ4v) is 1.29. The third-order valence-electron chi connectivity index (χ3n) is 1.83. The van der Waals surface area contributed by atoms with Crippen LogP contribution in [0.5, 0.6) is 0 Å². The highest BCUT2D eigenvalue weighted by molar-refractivity contribution is 5.55. The highest BCUT2D eigenvalue weighted by Crippen LogP contribution is 2.17. The van der Waals surface area contributed by atoms with Crippen LogP contribution in [0.15, 0.2) is 30.3 Å². The molecule has 0 aromatic heterocycles. The predicted molar refractivity (Wildman–Crippen MR) is 43.8 cm³/mol. The van der Waals surface area contributed by atoms with Gasteiger partial charge in [0.25, 0.3) is 0 Å². The Morgan fingerprint density at radius 2 is 2.20 bits per heavy atom. The summed E-state index contributed by atoms with van der Waals surface area (Å²) in [6.45, 7) is 0. The summed E-state index contributed by atoms with van der Waals surface area (Å²) >= 11 is 0. The smallest absolute Gasteiger partial charge is 0.0626 e. The van der Waals surface area contributed by atoms with Crippen molar-refractivity contribution in [3.63, 3.8) is 0 Å². The summed E-state index contributed by atoms with van der Waals surface area (Å²) in [5, 5.41) is 0. The van der Waals surface area contributed by atoms with Gasteiger partial charge < -0.3 is 0 Å². The molecule has 50 valence electrons. The second-order valence-corrected chi connectivity index (χ2v) is 2.54. The molecule has 0 saturated heterocycles. The quantitative estimate of drug-likeness (QED) is 0.507. The van der Waals surface area contributed by atoms with E-state index in [2.05, 4.69) is 6.07 Å². The molecule has 1 aromatic rings. The summed E-state index contributed by atoms with van der Waals surface area (Å²) in [6, 6.07) is 8.85. The van der Waals surface area contributed by atoms with E-state index in [1.807, 2.05) is 24.3 Å². The summed E-state index contributed by atoms with van der Waals surface area (Å²) in [5.74, 6) is 0. The van der Waals surface area contributed by atoms with E-state index in [-0.39, 0.29) is 0 Å². The summed E-state index contributed by atoms with van der Waals surface area (Å²) in [5.41, 5.74) is 2.43. The number of hydrogen-bond donors (Lipinski definition) is 0. The van der Waals surface area contributed by atoms with E-state index in [9.17, 15) is 0 Å². The number of aryl methyl sites for hydroxylation is 1.